The molecular weight excluding hydrogens is 170 g/mol. The second-order valence-electron chi connectivity index (χ2n) is 3.16. The molecule has 0 aliphatic carbocycles. The van der Waals surface area contributed by atoms with Gasteiger partial charge >= 0.3 is 0 Å². The summed E-state index contributed by atoms with van der Waals surface area (Å²) in [7, 11) is 0. The number of rotatable bonds is 2. The SMILES string of the molecule is Cc1cc(C(=O)NC2CNC2)on1. The number of nitrogens with one attached hydrogen (secondary N) is 2. The smallest absolute Gasteiger partial charge is 0.290 e. The van der Waals surface area contributed by atoms with Crippen LogP contribution in [0, 0.1) is 6.92 Å². The third kappa shape index (κ3) is 1.70. The van der Waals surface area contributed by atoms with Gasteiger partial charge in [-0.1, -0.05) is 5.16 Å². The van der Waals surface area contributed by atoms with Crippen LogP contribution in [-0.2, 0) is 0 Å². The maximum Gasteiger partial charge on any atom is 0.290 e. The Hall–Kier alpha value is -1.36. The molecule has 0 radical (unpaired) electrons. The van der Waals surface area contributed by atoms with Gasteiger partial charge in [-0.05, 0) is 6.92 Å². The van der Waals surface area contributed by atoms with E-state index in [9.17, 15) is 4.79 Å². The number of nitrogens with zero attached hydrogens (tertiary/aromatic N) is 1. The van der Waals surface area contributed by atoms with Gasteiger partial charge in [-0.25, -0.2) is 0 Å². The van der Waals surface area contributed by atoms with Crippen LogP contribution in [0.15, 0.2) is 10.6 Å². The Bertz CT molecular complexity index is 317. The van der Waals surface area contributed by atoms with E-state index in [2.05, 4.69) is 15.8 Å². The summed E-state index contributed by atoms with van der Waals surface area (Å²) in [6.07, 6.45) is 0. The van der Waals surface area contributed by atoms with Crippen LogP contribution in [0.5, 0.6) is 0 Å². The Morgan fingerprint density at radius 3 is 3.00 bits per heavy atom. The predicted molar refractivity (Wildman–Crippen MR) is 45.4 cm³/mol. The van der Waals surface area contributed by atoms with E-state index in [-0.39, 0.29) is 17.7 Å². The molecule has 1 aliphatic rings. The first-order valence-corrected chi connectivity index (χ1v) is 4.20. The summed E-state index contributed by atoms with van der Waals surface area (Å²) in [4.78, 5) is 11.4. The lowest BCUT2D eigenvalue weighted by atomic mass is 10.2. The molecule has 5 heteroatoms. The predicted octanol–water partition coefficient (Wildman–Crippen LogP) is -0.315. The standard InChI is InChI=1S/C8H11N3O2/c1-5-2-7(13-11-5)8(12)10-6-3-9-4-6/h2,6,9H,3-4H2,1H3,(H,10,12). The van der Waals surface area contributed by atoms with Crippen LogP contribution in [-0.4, -0.2) is 30.2 Å². The molecule has 0 aromatic carbocycles. The van der Waals surface area contributed by atoms with E-state index in [0.717, 1.165) is 18.8 Å². The number of carbonyl (C=O) groups is 1. The van der Waals surface area contributed by atoms with Crippen molar-refractivity contribution in [2.45, 2.75) is 13.0 Å². The number of aromatic nitrogens is 1. The molecule has 0 saturated carbocycles. The van der Waals surface area contributed by atoms with Crippen molar-refractivity contribution >= 4 is 5.91 Å². The van der Waals surface area contributed by atoms with Gasteiger partial charge in [-0.3, -0.25) is 4.79 Å². The zero-order chi connectivity index (χ0) is 9.26. The fourth-order valence-corrected chi connectivity index (χ4v) is 1.12. The molecule has 1 aromatic heterocycles. The van der Waals surface area contributed by atoms with E-state index in [1.165, 1.54) is 0 Å². The van der Waals surface area contributed by atoms with Gasteiger partial charge in [-0.2, -0.15) is 0 Å². The second kappa shape index (κ2) is 3.18. The first-order valence-electron chi connectivity index (χ1n) is 4.20. The molecule has 1 amide bonds. The van der Waals surface area contributed by atoms with Crippen LogP contribution in [0.25, 0.3) is 0 Å². The van der Waals surface area contributed by atoms with E-state index in [1.807, 2.05) is 0 Å². The van der Waals surface area contributed by atoms with Crippen molar-refractivity contribution in [1.29, 1.82) is 0 Å². The van der Waals surface area contributed by atoms with Gasteiger partial charge in [0.2, 0.25) is 5.76 Å². The summed E-state index contributed by atoms with van der Waals surface area (Å²) < 4.78 is 4.81. The summed E-state index contributed by atoms with van der Waals surface area (Å²) >= 11 is 0. The van der Waals surface area contributed by atoms with Gasteiger partial charge in [0, 0.05) is 19.2 Å². The normalized spacial score (nSPS) is 16.7. The highest BCUT2D eigenvalue weighted by molar-refractivity contribution is 5.91. The molecule has 2 rings (SSSR count). The van der Waals surface area contributed by atoms with Gasteiger partial charge in [0.1, 0.15) is 0 Å². The number of hydrogen-bond acceptors (Lipinski definition) is 4. The minimum atomic E-state index is -0.188. The molecule has 1 aromatic rings. The highest BCUT2D eigenvalue weighted by Crippen LogP contribution is 2.02. The quantitative estimate of drug-likeness (QED) is 0.656. The summed E-state index contributed by atoms with van der Waals surface area (Å²) in [5.74, 6) is 0.0940. The molecule has 0 unspecified atom stereocenters. The maximum absolute atomic E-state index is 11.4. The Morgan fingerprint density at radius 1 is 1.77 bits per heavy atom. The van der Waals surface area contributed by atoms with Crippen molar-refractivity contribution in [3.63, 3.8) is 0 Å². The third-order valence-corrected chi connectivity index (χ3v) is 1.97. The van der Waals surface area contributed by atoms with Gasteiger partial charge in [0.15, 0.2) is 0 Å². The van der Waals surface area contributed by atoms with E-state index < -0.39 is 0 Å². The topological polar surface area (TPSA) is 67.2 Å². The van der Waals surface area contributed by atoms with Crippen molar-refractivity contribution in [3.8, 4) is 0 Å². The summed E-state index contributed by atoms with van der Waals surface area (Å²) in [5.41, 5.74) is 0.719. The largest absolute Gasteiger partial charge is 0.351 e. The lowest BCUT2D eigenvalue weighted by Crippen LogP contribution is -2.56. The molecule has 0 spiro atoms. The van der Waals surface area contributed by atoms with Gasteiger partial charge in [-0.15, -0.1) is 0 Å². The molecule has 1 aliphatic heterocycles. The van der Waals surface area contributed by atoms with Crippen LogP contribution >= 0.6 is 0 Å². The fraction of sp³-hybridized carbons (Fsp3) is 0.500. The van der Waals surface area contributed by atoms with E-state index >= 15 is 0 Å². The number of amides is 1. The third-order valence-electron chi connectivity index (χ3n) is 1.97. The van der Waals surface area contributed by atoms with E-state index in [4.69, 9.17) is 4.52 Å². The maximum atomic E-state index is 11.4. The second-order valence-corrected chi connectivity index (χ2v) is 3.16. The summed E-state index contributed by atoms with van der Waals surface area (Å²) in [6.45, 7) is 3.45. The van der Waals surface area contributed by atoms with Crippen molar-refractivity contribution in [3.05, 3.63) is 17.5 Å². The molecule has 2 N–H and O–H groups in total. The average molecular weight is 181 g/mol. The Morgan fingerprint density at radius 2 is 2.54 bits per heavy atom. The van der Waals surface area contributed by atoms with Gasteiger partial charge in [0.05, 0.1) is 11.7 Å². The lowest BCUT2D eigenvalue weighted by Gasteiger charge is -2.27. The monoisotopic (exact) mass is 181 g/mol. The highest BCUT2D eigenvalue weighted by atomic mass is 16.5. The zero-order valence-electron chi connectivity index (χ0n) is 7.33. The molecule has 0 bridgehead atoms. The van der Waals surface area contributed by atoms with Crippen molar-refractivity contribution < 1.29 is 9.32 Å². The summed E-state index contributed by atoms with van der Waals surface area (Å²) in [5, 5.41) is 9.51. The number of carbonyl (C=O) groups excluding carboxylic acids is 1. The van der Waals surface area contributed by atoms with Crippen molar-refractivity contribution in [1.82, 2.24) is 15.8 Å². The molecule has 1 saturated heterocycles. The highest BCUT2D eigenvalue weighted by Gasteiger charge is 2.21. The minimum Gasteiger partial charge on any atom is -0.351 e. The molecule has 2 heterocycles. The molecule has 1 fully saturated rings. The Balaban J connectivity index is 1.96. The molecular formula is C8H11N3O2. The first-order chi connectivity index (χ1) is 6.25. The Labute approximate surface area is 75.5 Å². The fourth-order valence-electron chi connectivity index (χ4n) is 1.12. The van der Waals surface area contributed by atoms with Crippen LogP contribution in [0.1, 0.15) is 16.2 Å². The van der Waals surface area contributed by atoms with Crippen molar-refractivity contribution in [2.24, 2.45) is 0 Å². The number of aryl methyl sites for hydroxylation is 1. The van der Waals surface area contributed by atoms with Crippen LogP contribution < -0.4 is 10.6 Å². The van der Waals surface area contributed by atoms with E-state index in [1.54, 1.807) is 13.0 Å². The van der Waals surface area contributed by atoms with Crippen LogP contribution in [0.3, 0.4) is 0 Å². The minimum absolute atomic E-state index is 0.188. The zero-order valence-corrected chi connectivity index (χ0v) is 7.33. The molecule has 13 heavy (non-hydrogen) atoms. The van der Waals surface area contributed by atoms with Gasteiger partial charge < -0.3 is 15.2 Å². The van der Waals surface area contributed by atoms with E-state index in [0.29, 0.717) is 0 Å². The Kier molecular flexibility index (Phi) is 2.02. The first kappa shape index (κ1) is 8.25. The van der Waals surface area contributed by atoms with Crippen molar-refractivity contribution in [2.75, 3.05) is 13.1 Å². The van der Waals surface area contributed by atoms with Crippen LogP contribution in [0.4, 0.5) is 0 Å². The molecule has 0 atom stereocenters. The number of hydrogen-bond donors (Lipinski definition) is 2. The molecule has 70 valence electrons. The van der Waals surface area contributed by atoms with Gasteiger partial charge in [0.25, 0.3) is 5.91 Å². The molecule has 5 nitrogen and oxygen atoms in total. The average Bonchev–Trinajstić information content (AvgIpc) is 2.44. The lowest BCUT2D eigenvalue weighted by molar-refractivity contribution is 0.0886. The van der Waals surface area contributed by atoms with Crippen LogP contribution in [0.2, 0.25) is 0 Å². The summed E-state index contributed by atoms with van der Waals surface area (Å²) in [6, 6.07) is 1.86.